The van der Waals surface area contributed by atoms with Gasteiger partial charge in [0, 0.05) is 31.8 Å². The number of carbonyl (C=O) groups is 2. The van der Waals surface area contributed by atoms with Crippen LogP contribution >= 0.6 is 0 Å². The van der Waals surface area contributed by atoms with Gasteiger partial charge in [0.05, 0.1) is 11.5 Å². The molecule has 0 radical (unpaired) electrons. The van der Waals surface area contributed by atoms with Gasteiger partial charge in [0.1, 0.15) is 11.2 Å². The lowest BCUT2D eigenvalue weighted by Crippen LogP contribution is -2.46. The summed E-state index contributed by atoms with van der Waals surface area (Å²) >= 11 is 0. The average Bonchev–Trinajstić information content (AvgIpc) is 2.93. The summed E-state index contributed by atoms with van der Waals surface area (Å²) in [5.74, 6) is 0. The zero-order valence-electron chi connectivity index (χ0n) is 28.0. The molecule has 2 atom stereocenters. The van der Waals surface area contributed by atoms with Crippen molar-refractivity contribution in [3.8, 4) is 0 Å². The number of piperidine rings is 2. The van der Waals surface area contributed by atoms with Crippen LogP contribution in [0.5, 0.6) is 0 Å². The molecule has 2 heterocycles. The largest absolute Gasteiger partial charge is 0.444 e. The van der Waals surface area contributed by atoms with E-state index in [0.29, 0.717) is 19.4 Å². The molecule has 3 rings (SSSR count). The maximum atomic E-state index is 12.4. The van der Waals surface area contributed by atoms with Crippen molar-refractivity contribution in [2.75, 3.05) is 26.3 Å². The molecule has 0 bridgehead atoms. The Labute approximate surface area is 265 Å². The number of nitrogens with zero attached hydrogens (tertiary/aromatic N) is 2. The van der Waals surface area contributed by atoms with Crippen LogP contribution in [0, 0.1) is 6.92 Å². The number of aliphatic hydroxyl groups is 1. The molecular formula is C33H56N2O8S. The quantitative estimate of drug-likeness (QED) is 0.231. The third kappa shape index (κ3) is 13.7. The Morgan fingerprint density at radius 1 is 0.795 bits per heavy atom. The van der Waals surface area contributed by atoms with Crippen LogP contribution in [0.4, 0.5) is 9.59 Å². The Morgan fingerprint density at radius 3 is 1.68 bits per heavy atom. The number of benzene rings is 1. The average molecular weight is 641 g/mol. The molecule has 0 aliphatic carbocycles. The molecule has 2 fully saturated rings. The second kappa shape index (κ2) is 17.4. The van der Waals surface area contributed by atoms with Gasteiger partial charge in [0.2, 0.25) is 0 Å². The second-order valence-electron chi connectivity index (χ2n) is 13.7. The van der Waals surface area contributed by atoms with Crippen molar-refractivity contribution in [2.45, 2.75) is 141 Å². The third-order valence-corrected chi connectivity index (χ3v) is 8.76. The molecule has 10 nitrogen and oxygen atoms in total. The molecule has 11 heteroatoms. The van der Waals surface area contributed by atoms with Gasteiger partial charge in [-0.3, -0.25) is 4.18 Å². The van der Waals surface area contributed by atoms with Gasteiger partial charge in [-0.1, -0.05) is 17.7 Å². The van der Waals surface area contributed by atoms with E-state index in [1.165, 1.54) is 0 Å². The van der Waals surface area contributed by atoms with Crippen molar-refractivity contribution in [3.05, 3.63) is 29.8 Å². The molecule has 0 spiro atoms. The van der Waals surface area contributed by atoms with Crippen LogP contribution in [0.25, 0.3) is 0 Å². The number of rotatable bonds is 9. The predicted molar refractivity (Wildman–Crippen MR) is 171 cm³/mol. The highest BCUT2D eigenvalue weighted by molar-refractivity contribution is 7.86. The minimum Gasteiger partial charge on any atom is -0.444 e. The molecule has 2 aliphatic rings. The topological polar surface area (TPSA) is 123 Å². The lowest BCUT2D eigenvalue weighted by atomic mass is 9.98. The predicted octanol–water partition coefficient (Wildman–Crippen LogP) is 6.82. The normalized spacial score (nSPS) is 19.5. The van der Waals surface area contributed by atoms with E-state index >= 15 is 0 Å². The highest BCUT2D eigenvalue weighted by atomic mass is 32.2. The molecule has 0 aromatic heterocycles. The maximum absolute atomic E-state index is 12.4. The van der Waals surface area contributed by atoms with E-state index in [4.69, 9.17) is 18.8 Å². The molecular weight excluding hydrogens is 584 g/mol. The van der Waals surface area contributed by atoms with Crippen LogP contribution in [0.1, 0.15) is 111 Å². The Kier molecular flexibility index (Phi) is 14.9. The van der Waals surface area contributed by atoms with Crippen LogP contribution in [0.15, 0.2) is 29.2 Å². The van der Waals surface area contributed by atoms with Crippen LogP contribution in [0.2, 0.25) is 0 Å². The van der Waals surface area contributed by atoms with Gasteiger partial charge in [0.25, 0.3) is 10.1 Å². The minimum atomic E-state index is -3.74. The number of hydrogen-bond acceptors (Lipinski definition) is 8. The molecule has 252 valence electrons. The third-order valence-electron chi connectivity index (χ3n) is 7.44. The summed E-state index contributed by atoms with van der Waals surface area (Å²) in [6.07, 6.45) is 8.56. The van der Waals surface area contributed by atoms with Crippen molar-refractivity contribution >= 4 is 22.3 Å². The minimum absolute atomic E-state index is 0.0688. The molecule has 2 amide bonds. The van der Waals surface area contributed by atoms with Gasteiger partial charge < -0.3 is 24.4 Å². The molecule has 0 saturated carbocycles. The Bertz CT molecular complexity index is 1130. The first kappa shape index (κ1) is 37.8. The van der Waals surface area contributed by atoms with Gasteiger partial charge in [0.15, 0.2) is 0 Å². The fourth-order valence-corrected chi connectivity index (χ4v) is 6.25. The van der Waals surface area contributed by atoms with Gasteiger partial charge in [-0.15, -0.1) is 0 Å². The highest BCUT2D eigenvalue weighted by Crippen LogP contribution is 2.25. The number of hydrogen-bond donors (Lipinski definition) is 1. The summed E-state index contributed by atoms with van der Waals surface area (Å²) in [6.45, 7) is 14.9. The number of carbonyl (C=O) groups excluding carboxylic acids is 2. The smallest absolute Gasteiger partial charge is 0.410 e. The number of aliphatic hydroxyl groups excluding tert-OH is 1. The molecule has 2 saturated heterocycles. The van der Waals surface area contributed by atoms with Gasteiger partial charge >= 0.3 is 12.2 Å². The van der Waals surface area contributed by atoms with Crippen molar-refractivity contribution < 1.29 is 36.8 Å². The molecule has 2 unspecified atom stereocenters. The Hall–Kier alpha value is -2.37. The SMILES string of the molecule is CC(C)(C)OC(=O)N1CCCCC1CCCO.Cc1ccc(S(=O)(=O)OCCCC2CCCCN2C(=O)OC(C)(C)C)cc1. The zero-order valence-corrected chi connectivity index (χ0v) is 28.8. The lowest BCUT2D eigenvalue weighted by molar-refractivity contribution is 0.00720. The van der Waals surface area contributed by atoms with E-state index in [-0.39, 0.29) is 42.4 Å². The number of ether oxygens (including phenoxy) is 2. The van der Waals surface area contributed by atoms with Crippen molar-refractivity contribution in [1.82, 2.24) is 9.80 Å². The van der Waals surface area contributed by atoms with Crippen molar-refractivity contribution in [2.24, 2.45) is 0 Å². The maximum Gasteiger partial charge on any atom is 0.410 e. The van der Waals surface area contributed by atoms with E-state index in [2.05, 4.69) is 0 Å². The molecule has 1 aromatic rings. The van der Waals surface area contributed by atoms with E-state index in [1.807, 2.05) is 53.4 Å². The van der Waals surface area contributed by atoms with Gasteiger partial charge in [-0.25, -0.2) is 9.59 Å². The van der Waals surface area contributed by atoms with Crippen molar-refractivity contribution in [3.63, 3.8) is 0 Å². The van der Waals surface area contributed by atoms with Gasteiger partial charge in [-0.05, 0) is 125 Å². The van der Waals surface area contributed by atoms with E-state index in [1.54, 1.807) is 29.2 Å². The summed E-state index contributed by atoms with van der Waals surface area (Å²) in [5.41, 5.74) is 0.0360. The summed E-state index contributed by atoms with van der Waals surface area (Å²) in [4.78, 5) is 28.2. The first-order chi connectivity index (χ1) is 20.5. The van der Waals surface area contributed by atoms with E-state index in [9.17, 15) is 18.0 Å². The van der Waals surface area contributed by atoms with Crippen LogP contribution in [0.3, 0.4) is 0 Å². The van der Waals surface area contributed by atoms with Gasteiger partial charge in [-0.2, -0.15) is 8.42 Å². The molecule has 1 aromatic carbocycles. The van der Waals surface area contributed by atoms with Crippen molar-refractivity contribution in [1.29, 1.82) is 0 Å². The molecule has 1 N–H and O–H groups in total. The summed E-state index contributed by atoms with van der Waals surface area (Å²) in [7, 11) is -3.74. The number of amides is 2. The molecule has 44 heavy (non-hydrogen) atoms. The number of aryl methyl sites for hydroxylation is 1. The summed E-state index contributed by atoms with van der Waals surface area (Å²) < 4.78 is 40.5. The zero-order chi connectivity index (χ0) is 33.0. The first-order valence-corrected chi connectivity index (χ1v) is 17.5. The lowest BCUT2D eigenvalue weighted by Gasteiger charge is -2.36. The Morgan fingerprint density at radius 2 is 1.25 bits per heavy atom. The summed E-state index contributed by atoms with van der Waals surface area (Å²) in [6, 6.07) is 6.91. The molecule has 2 aliphatic heterocycles. The van der Waals surface area contributed by atoms with E-state index < -0.39 is 21.3 Å². The highest BCUT2D eigenvalue weighted by Gasteiger charge is 2.31. The number of likely N-dealkylation sites (tertiary alicyclic amines) is 2. The van der Waals surface area contributed by atoms with Crippen LogP contribution in [-0.4, -0.2) is 85.1 Å². The first-order valence-electron chi connectivity index (χ1n) is 16.1. The van der Waals surface area contributed by atoms with E-state index in [0.717, 1.165) is 63.5 Å². The second-order valence-corrected chi connectivity index (χ2v) is 15.4. The summed E-state index contributed by atoms with van der Waals surface area (Å²) in [5, 5.41) is 8.87. The monoisotopic (exact) mass is 640 g/mol. The van der Waals surface area contributed by atoms with Crippen LogP contribution in [-0.2, 0) is 23.8 Å². The Balaban J connectivity index is 0.000000342. The standard InChI is InChI=1S/C20H31NO5S.C13H25NO3/c1-16-10-12-18(13-11-16)27(23,24)25-15-7-9-17-8-5-6-14-21(17)19(22)26-20(2,3)4;1-13(2,3)17-12(16)14-9-5-4-7-11(14)8-6-10-15/h10-13,17H,5-9,14-15H2,1-4H3;11,15H,4-10H2,1-3H3. The fourth-order valence-electron chi connectivity index (χ4n) is 5.31. The van der Waals surface area contributed by atoms with Crippen LogP contribution < -0.4 is 0 Å². The fraction of sp³-hybridized carbons (Fsp3) is 0.758.